The molecule has 11 nitrogen and oxygen atoms in total. The zero-order valence-electron chi connectivity index (χ0n) is 24.7. The monoisotopic (exact) mass is 597 g/mol. The topological polar surface area (TPSA) is 137 Å². The minimum absolute atomic E-state index is 0.0373. The van der Waals surface area contributed by atoms with Gasteiger partial charge in [-0.15, -0.1) is 0 Å². The lowest BCUT2D eigenvalue weighted by molar-refractivity contribution is -0.385. The number of carbonyl (C=O) groups is 1. The van der Waals surface area contributed by atoms with Crippen molar-refractivity contribution in [1.82, 2.24) is 0 Å². The van der Waals surface area contributed by atoms with Gasteiger partial charge in [0.2, 0.25) is 0 Å². The largest absolute Gasteiger partial charge is 0.496 e. The first kappa shape index (κ1) is 30.6. The van der Waals surface area contributed by atoms with E-state index in [9.17, 15) is 23.3 Å². The molecule has 0 aromatic heterocycles. The number of aryl methyl sites for hydroxylation is 1. The first-order chi connectivity index (χ1) is 19.6. The lowest BCUT2D eigenvalue weighted by atomic mass is 9.91. The number of anilines is 2. The summed E-state index contributed by atoms with van der Waals surface area (Å²) < 4.78 is 42.0. The smallest absolute Gasteiger partial charge is 0.309 e. The number of nitro groups is 1. The van der Waals surface area contributed by atoms with Crippen LogP contribution in [0.2, 0.25) is 0 Å². The van der Waals surface area contributed by atoms with Gasteiger partial charge in [0.05, 0.1) is 35.2 Å². The maximum atomic E-state index is 13.3. The molecule has 0 atom stereocenters. The molecule has 1 N–H and O–H groups in total. The molecule has 1 aliphatic heterocycles. The molecule has 224 valence electrons. The van der Waals surface area contributed by atoms with Crippen LogP contribution in [0.15, 0.2) is 48.5 Å². The molecule has 0 fully saturated rings. The minimum atomic E-state index is -3.81. The molecule has 1 aliphatic rings. The Morgan fingerprint density at radius 2 is 1.74 bits per heavy atom. The summed E-state index contributed by atoms with van der Waals surface area (Å²) >= 11 is 0. The van der Waals surface area contributed by atoms with Gasteiger partial charge in [0.15, 0.2) is 0 Å². The summed E-state index contributed by atoms with van der Waals surface area (Å²) in [6.45, 7) is 8.91. The molecule has 1 amide bonds. The van der Waals surface area contributed by atoms with Crippen LogP contribution in [0.4, 0.5) is 17.1 Å². The number of hydrogen-bond donors (Lipinski definition) is 1. The van der Waals surface area contributed by atoms with Gasteiger partial charge in [-0.05, 0) is 62.1 Å². The predicted molar refractivity (Wildman–Crippen MR) is 161 cm³/mol. The number of rotatable bonds is 10. The van der Waals surface area contributed by atoms with Crippen molar-refractivity contribution in [2.75, 3.05) is 30.1 Å². The van der Waals surface area contributed by atoms with E-state index in [4.69, 9.17) is 13.7 Å². The molecule has 4 rings (SSSR count). The van der Waals surface area contributed by atoms with E-state index in [1.54, 1.807) is 64.8 Å². The summed E-state index contributed by atoms with van der Waals surface area (Å²) in [5, 5.41) is 14.7. The second kappa shape index (κ2) is 11.5. The van der Waals surface area contributed by atoms with Gasteiger partial charge in [-0.25, -0.2) is 0 Å². The molecule has 3 aromatic rings. The van der Waals surface area contributed by atoms with E-state index in [1.807, 2.05) is 12.1 Å². The molecule has 0 saturated carbocycles. The zero-order valence-corrected chi connectivity index (χ0v) is 25.5. The van der Waals surface area contributed by atoms with Gasteiger partial charge in [0, 0.05) is 30.3 Å². The first-order valence-corrected chi connectivity index (χ1v) is 14.9. The summed E-state index contributed by atoms with van der Waals surface area (Å²) in [6, 6.07) is 12.8. The van der Waals surface area contributed by atoms with Crippen LogP contribution in [0, 0.1) is 23.0 Å². The van der Waals surface area contributed by atoms with Crippen LogP contribution >= 0.6 is 0 Å². The fraction of sp³-hybridized carbons (Fsp3) is 0.367. The van der Waals surface area contributed by atoms with Gasteiger partial charge in [0.25, 0.3) is 11.6 Å². The Bertz CT molecular complexity index is 1650. The summed E-state index contributed by atoms with van der Waals surface area (Å²) in [7, 11) is -0.662. The molecule has 0 saturated heterocycles. The molecular weight excluding hydrogens is 562 g/mol. The number of ether oxygens (including phenoxy) is 2. The number of nitro benzene ring substituents is 1. The van der Waals surface area contributed by atoms with Crippen LogP contribution in [-0.2, 0) is 21.5 Å². The van der Waals surface area contributed by atoms with Crippen molar-refractivity contribution in [3.05, 3.63) is 69.8 Å². The van der Waals surface area contributed by atoms with Crippen LogP contribution < -0.4 is 23.9 Å². The third kappa shape index (κ3) is 6.28. The third-order valence-electron chi connectivity index (χ3n) is 6.88. The summed E-state index contributed by atoms with van der Waals surface area (Å²) in [5.74, 6) is 0.377. The number of fused-ring (bicyclic) bond motifs is 1. The van der Waals surface area contributed by atoms with Crippen molar-refractivity contribution in [1.29, 1.82) is 0 Å². The van der Waals surface area contributed by atoms with Crippen molar-refractivity contribution in [2.45, 2.75) is 46.8 Å². The lowest BCUT2D eigenvalue weighted by Gasteiger charge is -2.39. The standard InChI is InChI=1S/C30H35N3O8S/c1-18(2)17-42(37,38)41-21-10-11-23(27(15-21)39-7)22-12-13-25-28(32(6)29(34)30(4,5)31-25)24(22)16-40-26-14-20(33(35)36)9-8-19(26)3/h8-15,18,31H,16-17H2,1-7H3. The Kier molecular flexibility index (Phi) is 8.40. The number of nitrogens with one attached hydrogen (secondary N) is 1. The van der Waals surface area contributed by atoms with E-state index in [0.29, 0.717) is 45.1 Å². The zero-order chi connectivity index (χ0) is 31.0. The number of hydrogen-bond acceptors (Lipinski definition) is 9. The predicted octanol–water partition coefficient (Wildman–Crippen LogP) is 5.69. The Labute approximate surface area is 245 Å². The van der Waals surface area contributed by atoms with E-state index in [1.165, 1.54) is 25.3 Å². The van der Waals surface area contributed by atoms with Crippen molar-refractivity contribution in [3.63, 3.8) is 0 Å². The van der Waals surface area contributed by atoms with Crippen LogP contribution in [0.3, 0.4) is 0 Å². The van der Waals surface area contributed by atoms with E-state index in [-0.39, 0.29) is 35.6 Å². The molecule has 0 aliphatic carbocycles. The Morgan fingerprint density at radius 3 is 2.38 bits per heavy atom. The number of nitrogens with zero attached hydrogens (tertiary/aromatic N) is 2. The molecular formula is C30H35N3O8S. The van der Waals surface area contributed by atoms with E-state index in [0.717, 1.165) is 0 Å². The quantitative estimate of drug-likeness (QED) is 0.177. The van der Waals surface area contributed by atoms with Crippen LogP contribution in [0.5, 0.6) is 17.2 Å². The first-order valence-electron chi connectivity index (χ1n) is 13.3. The highest BCUT2D eigenvalue weighted by Crippen LogP contribution is 2.45. The summed E-state index contributed by atoms with van der Waals surface area (Å²) in [4.78, 5) is 25.7. The van der Waals surface area contributed by atoms with Crippen molar-refractivity contribution in [3.8, 4) is 28.4 Å². The molecule has 1 heterocycles. The lowest BCUT2D eigenvalue weighted by Crippen LogP contribution is -2.52. The Balaban J connectivity index is 1.84. The number of carbonyl (C=O) groups excluding carboxylic acids is 1. The van der Waals surface area contributed by atoms with E-state index < -0.39 is 20.6 Å². The highest BCUT2D eigenvalue weighted by molar-refractivity contribution is 7.87. The van der Waals surface area contributed by atoms with Gasteiger partial charge in [0.1, 0.15) is 29.4 Å². The average Bonchev–Trinajstić information content (AvgIpc) is 2.89. The van der Waals surface area contributed by atoms with Gasteiger partial charge < -0.3 is 23.9 Å². The highest BCUT2D eigenvalue weighted by atomic mass is 32.2. The van der Waals surface area contributed by atoms with E-state index in [2.05, 4.69) is 5.32 Å². The number of benzene rings is 3. The highest BCUT2D eigenvalue weighted by Gasteiger charge is 2.39. The molecule has 3 aromatic carbocycles. The Morgan fingerprint density at radius 1 is 1.05 bits per heavy atom. The normalized spacial score (nSPS) is 14.3. The second-order valence-electron chi connectivity index (χ2n) is 11.2. The van der Waals surface area contributed by atoms with E-state index >= 15 is 0 Å². The summed E-state index contributed by atoms with van der Waals surface area (Å²) in [6.07, 6.45) is 0. The number of non-ortho nitro benzene ring substituents is 1. The van der Waals surface area contributed by atoms with Gasteiger partial charge in [-0.2, -0.15) is 8.42 Å². The number of likely N-dealkylation sites (N-methyl/N-ethyl adjacent to an activating group) is 1. The molecule has 0 radical (unpaired) electrons. The molecule has 0 spiro atoms. The molecule has 42 heavy (non-hydrogen) atoms. The maximum Gasteiger partial charge on any atom is 0.309 e. The SMILES string of the molecule is COc1cc(OS(=O)(=O)CC(C)C)ccc1-c1ccc2c(c1COc1cc([N+](=O)[O-])ccc1C)N(C)C(=O)C(C)(C)N2. The fourth-order valence-corrected chi connectivity index (χ4v) is 6.25. The third-order valence-corrected chi connectivity index (χ3v) is 8.40. The van der Waals surface area contributed by atoms with Gasteiger partial charge in [-0.1, -0.05) is 19.9 Å². The van der Waals surface area contributed by atoms with Crippen molar-refractivity contribution in [2.24, 2.45) is 5.92 Å². The second-order valence-corrected chi connectivity index (χ2v) is 12.8. The fourth-order valence-electron chi connectivity index (χ4n) is 4.97. The van der Waals surface area contributed by atoms with Crippen LogP contribution in [0.1, 0.15) is 38.8 Å². The maximum absolute atomic E-state index is 13.3. The molecule has 12 heteroatoms. The van der Waals surface area contributed by atoms with Crippen molar-refractivity contribution < 1.29 is 31.8 Å². The Hall–Kier alpha value is -4.32. The summed E-state index contributed by atoms with van der Waals surface area (Å²) in [5.41, 5.74) is 2.93. The van der Waals surface area contributed by atoms with Gasteiger partial charge in [-0.3, -0.25) is 14.9 Å². The van der Waals surface area contributed by atoms with Gasteiger partial charge >= 0.3 is 10.1 Å². The van der Waals surface area contributed by atoms with Crippen LogP contribution in [0.25, 0.3) is 11.1 Å². The van der Waals surface area contributed by atoms with Crippen LogP contribution in [-0.4, -0.2) is 44.7 Å². The number of amides is 1. The average molecular weight is 598 g/mol. The molecule has 0 unspecified atom stereocenters. The molecule has 0 bridgehead atoms. The minimum Gasteiger partial charge on any atom is -0.496 e. The number of methoxy groups -OCH3 is 1. The van der Waals surface area contributed by atoms with Crippen molar-refractivity contribution >= 4 is 33.1 Å².